The third kappa shape index (κ3) is 8.80. The van der Waals surface area contributed by atoms with Gasteiger partial charge in [-0.3, -0.25) is 4.79 Å². The number of rotatable bonds is 13. The van der Waals surface area contributed by atoms with Crippen LogP contribution in [0.5, 0.6) is 17.2 Å². The Morgan fingerprint density at radius 2 is 1.56 bits per heavy atom. The number of phenolic OH excluding ortho intramolecular Hbond substituents is 3. The number of carbonyl (C=O) groups is 2. The Hall–Kier alpha value is -2.24. The standard InChI is InChI=1S/C21H32O6/c1-3-15(2)9-7-5-4-6-8-10-17(22)11-12-27-21(26)16-13-18(23)20(25)19(24)14-16/h13-15,23-25H,3-12H2,1-2H3. The van der Waals surface area contributed by atoms with Gasteiger partial charge in [0.1, 0.15) is 5.78 Å². The molecular weight excluding hydrogens is 348 g/mol. The van der Waals surface area contributed by atoms with Crippen LogP contribution in [0.25, 0.3) is 0 Å². The molecule has 0 amide bonds. The minimum absolute atomic E-state index is 0.0467. The second-order valence-corrected chi connectivity index (χ2v) is 7.11. The fraction of sp³-hybridized carbons (Fsp3) is 0.619. The fourth-order valence-corrected chi connectivity index (χ4v) is 2.74. The van der Waals surface area contributed by atoms with E-state index in [0.29, 0.717) is 6.42 Å². The molecule has 152 valence electrons. The van der Waals surface area contributed by atoms with Crippen molar-refractivity contribution in [1.29, 1.82) is 0 Å². The van der Waals surface area contributed by atoms with Gasteiger partial charge in [0.15, 0.2) is 17.2 Å². The van der Waals surface area contributed by atoms with Gasteiger partial charge >= 0.3 is 5.97 Å². The third-order valence-electron chi connectivity index (χ3n) is 4.77. The number of hydrogen-bond acceptors (Lipinski definition) is 6. The van der Waals surface area contributed by atoms with Crippen molar-refractivity contribution in [2.45, 2.75) is 71.6 Å². The molecule has 1 atom stereocenters. The molecule has 0 fully saturated rings. The summed E-state index contributed by atoms with van der Waals surface area (Å²) in [6, 6.07) is 2.00. The predicted molar refractivity (Wildman–Crippen MR) is 103 cm³/mol. The molecule has 0 aliphatic carbocycles. The van der Waals surface area contributed by atoms with Gasteiger partial charge in [-0.05, 0) is 24.5 Å². The molecule has 1 aromatic rings. The predicted octanol–water partition coefficient (Wildman–Crippen LogP) is 4.70. The van der Waals surface area contributed by atoms with Gasteiger partial charge in [-0.15, -0.1) is 0 Å². The van der Waals surface area contributed by atoms with Crippen LogP contribution in [0.15, 0.2) is 12.1 Å². The first-order chi connectivity index (χ1) is 12.8. The molecule has 1 rings (SSSR count). The summed E-state index contributed by atoms with van der Waals surface area (Å²) in [6.45, 7) is 4.44. The SMILES string of the molecule is CCC(C)CCCCCCCC(=O)CCOC(=O)c1cc(O)c(O)c(O)c1. The molecule has 0 saturated carbocycles. The van der Waals surface area contributed by atoms with Gasteiger partial charge in [0.25, 0.3) is 0 Å². The number of ether oxygens (including phenoxy) is 1. The van der Waals surface area contributed by atoms with E-state index in [0.717, 1.165) is 37.3 Å². The minimum atomic E-state index is -0.769. The molecule has 27 heavy (non-hydrogen) atoms. The molecular formula is C21H32O6. The molecule has 6 heteroatoms. The number of aromatic hydroxyl groups is 3. The summed E-state index contributed by atoms with van der Waals surface area (Å²) in [6.07, 6.45) is 8.65. The van der Waals surface area contributed by atoms with Crippen LogP contribution in [0.2, 0.25) is 0 Å². The lowest BCUT2D eigenvalue weighted by Crippen LogP contribution is -2.10. The Balaban J connectivity index is 2.14. The molecule has 0 spiro atoms. The minimum Gasteiger partial charge on any atom is -0.504 e. The monoisotopic (exact) mass is 380 g/mol. The maximum absolute atomic E-state index is 11.8. The van der Waals surface area contributed by atoms with Gasteiger partial charge in [0.2, 0.25) is 0 Å². The highest BCUT2D eigenvalue weighted by Gasteiger charge is 2.15. The van der Waals surface area contributed by atoms with E-state index in [9.17, 15) is 24.9 Å². The summed E-state index contributed by atoms with van der Waals surface area (Å²) in [4.78, 5) is 23.7. The number of carbonyl (C=O) groups excluding carboxylic acids is 2. The van der Waals surface area contributed by atoms with Crippen LogP contribution < -0.4 is 0 Å². The molecule has 0 bridgehead atoms. The number of esters is 1. The molecule has 0 aromatic heterocycles. The van der Waals surface area contributed by atoms with Gasteiger partial charge in [0, 0.05) is 12.8 Å². The first kappa shape index (κ1) is 22.8. The Morgan fingerprint density at radius 1 is 0.963 bits per heavy atom. The summed E-state index contributed by atoms with van der Waals surface area (Å²) in [5, 5.41) is 28.0. The van der Waals surface area contributed by atoms with Crippen molar-refractivity contribution in [2.75, 3.05) is 6.61 Å². The average Bonchev–Trinajstić information content (AvgIpc) is 2.64. The molecule has 0 aliphatic rings. The summed E-state index contributed by atoms with van der Waals surface area (Å²) < 4.78 is 4.98. The van der Waals surface area contributed by atoms with E-state index in [-0.39, 0.29) is 24.4 Å². The molecule has 0 aliphatic heterocycles. The first-order valence-electron chi connectivity index (χ1n) is 9.78. The molecule has 3 N–H and O–H groups in total. The van der Waals surface area contributed by atoms with Crippen LogP contribution >= 0.6 is 0 Å². The largest absolute Gasteiger partial charge is 0.504 e. The second-order valence-electron chi connectivity index (χ2n) is 7.11. The number of ketones is 1. The van der Waals surface area contributed by atoms with Crippen LogP contribution in [0.4, 0.5) is 0 Å². The lowest BCUT2D eigenvalue weighted by molar-refractivity contribution is -0.119. The van der Waals surface area contributed by atoms with Gasteiger partial charge in [0.05, 0.1) is 12.2 Å². The van der Waals surface area contributed by atoms with E-state index >= 15 is 0 Å². The average molecular weight is 380 g/mol. The zero-order valence-electron chi connectivity index (χ0n) is 16.4. The van der Waals surface area contributed by atoms with Crippen LogP contribution in [-0.4, -0.2) is 33.7 Å². The van der Waals surface area contributed by atoms with Crippen LogP contribution in [-0.2, 0) is 9.53 Å². The maximum Gasteiger partial charge on any atom is 0.338 e. The van der Waals surface area contributed by atoms with Crippen molar-refractivity contribution in [1.82, 2.24) is 0 Å². The Morgan fingerprint density at radius 3 is 2.19 bits per heavy atom. The van der Waals surface area contributed by atoms with Gasteiger partial charge in [-0.2, -0.15) is 0 Å². The zero-order chi connectivity index (χ0) is 20.2. The van der Waals surface area contributed by atoms with E-state index in [2.05, 4.69) is 13.8 Å². The van der Waals surface area contributed by atoms with E-state index in [1.165, 1.54) is 25.7 Å². The topological polar surface area (TPSA) is 104 Å². The Kier molecular flexibility index (Phi) is 10.3. The number of phenols is 3. The molecule has 6 nitrogen and oxygen atoms in total. The fourth-order valence-electron chi connectivity index (χ4n) is 2.74. The first-order valence-corrected chi connectivity index (χ1v) is 9.78. The number of Topliss-reactive ketones (excluding diaryl/α,β-unsaturated/α-hetero) is 1. The summed E-state index contributed by atoms with van der Waals surface area (Å²) in [5.74, 6) is -1.83. The molecule has 0 saturated heterocycles. The van der Waals surface area contributed by atoms with Crippen molar-refractivity contribution in [3.8, 4) is 17.2 Å². The smallest absolute Gasteiger partial charge is 0.338 e. The normalized spacial score (nSPS) is 11.9. The van der Waals surface area contributed by atoms with Crippen molar-refractivity contribution < 1.29 is 29.6 Å². The van der Waals surface area contributed by atoms with Crippen LogP contribution in [0.1, 0.15) is 82.0 Å². The lowest BCUT2D eigenvalue weighted by atomic mass is 9.99. The maximum atomic E-state index is 11.8. The molecule has 1 unspecified atom stereocenters. The Bertz CT molecular complexity index is 588. The molecule has 0 radical (unpaired) electrons. The zero-order valence-corrected chi connectivity index (χ0v) is 16.4. The second kappa shape index (κ2) is 12.2. The number of hydrogen-bond donors (Lipinski definition) is 3. The number of benzene rings is 1. The quantitative estimate of drug-likeness (QED) is 0.260. The Labute approximate surface area is 161 Å². The summed E-state index contributed by atoms with van der Waals surface area (Å²) in [7, 11) is 0. The highest BCUT2D eigenvalue weighted by Crippen LogP contribution is 2.35. The number of unbranched alkanes of at least 4 members (excludes halogenated alkanes) is 4. The van der Waals surface area contributed by atoms with Crippen LogP contribution in [0.3, 0.4) is 0 Å². The van der Waals surface area contributed by atoms with Crippen LogP contribution in [0, 0.1) is 5.92 Å². The summed E-state index contributed by atoms with van der Waals surface area (Å²) in [5.41, 5.74) is -0.0901. The van der Waals surface area contributed by atoms with Crippen molar-refractivity contribution >= 4 is 11.8 Å². The lowest BCUT2D eigenvalue weighted by Gasteiger charge is -2.08. The van der Waals surface area contributed by atoms with Gasteiger partial charge in [-0.1, -0.05) is 52.4 Å². The summed E-state index contributed by atoms with van der Waals surface area (Å²) >= 11 is 0. The highest BCUT2D eigenvalue weighted by atomic mass is 16.5. The van der Waals surface area contributed by atoms with Gasteiger partial charge in [-0.25, -0.2) is 4.79 Å². The molecule has 0 heterocycles. The van der Waals surface area contributed by atoms with Crippen molar-refractivity contribution in [2.24, 2.45) is 5.92 Å². The van der Waals surface area contributed by atoms with Crippen molar-refractivity contribution in [3.63, 3.8) is 0 Å². The van der Waals surface area contributed by atoms with E-state index in [1.54, 1.807) is 0 Å². The van der Waals surface area contributed by atoms with Crippen molar-refractivity contribution in [3.05, 3.63) is 17.7 Å². The molecule has 1 aromatic carbocycles. The van der Waals surface area contributed by atoms with E-state index < -0.39 is 23.2 Å². The van der Waals surface area contributed by atoms with E-state index in [1.807, 2.05) is 0 Å². The third-order valence-corrected chi connectivity index (χ3v) is 4.77. The van der Waals surface area contributed by atoms with E-state index in [4.69, 9.17) is 4.74 Å². The highest BCUT2D eigenvalue weighted by molar-refractivity contribution is 5.91. The van der Waals surface area contributed by atoms with Gasteiger partial charge < -0.3 is 20.1 Å².